The molecule has 0 spiro atoms. The van der Waals surface area contributed by atoms with Crippen molar-refractivity contribution in [2.24, 2.45) is 0 Å². The van der Waals surface area contributed by atoms with Gasteiger partial charge in [-0.1, -0.05) is 17.2 Å². The van der Waals surface area contributed by atoms with Gasteiger partial charge in [0.25, 0.3) is 0 Å². The molecule has 1 amide bonds. The molecule has 1 aliphatic rings. The number of carbonyl (C=O) groups excluding carboxylic acids is 1. The molecular weight excluding hydrogens is 324 g/mol. The summed E-state index contributed by atoms with van der Waals surface area (Å²) in [6, 6.07) is 1.79. The van der Waals surface area contributed by atoms with Crippen LogP contribution in [0.2, 0.25) is 0 Å². The highest BCUT2D eigenvalue weighted by Crippen LogP contribution is 2.20. The van der Waals surface area contributed by atoms with Crippen LogP contribution < -0.4 is 5.32 Å². The Balaban J connectivity index is 1.45. The van der Waals surface area contributed by atoms with Crippen LogP contribution in [-0.4, -0.2) is 63.7 Å². The Morgan fingerprint density at radius 2 is 2.04 bits per heavy atom. The van der Waals surface area contributed by atoms with Gasteiger partial charge in [-0.25, -0.2) is 0 Å². The first kappa shape index (κ1) is 17.6. The van der Waals surface area contributed by atoms with E-state index >= 15 is 0 Å². The van der Waals surface area contributed by atoms with Gasteiger partial charge in [0.15, 0.2) is 11.6 Å². The average Bonchev–Trinajstić information content (AvgIpc) is 3.24. The van der Waals surface area contributed by atoms with E-state index in [9.17, 15) is 4.79 Å². The third-order valence-corrected chi connectivity index (χ3v) is 4.37. The lowest BCUT2D eigenvalue weighted by atomic mass is 10.2. The van der Waals surface area contributed by atoms with Crippen LogP contribution in [0.4, 0.5) is 5.82 Å². The quantitative estimate of drug-likeness (QED) is 0.832. The predicted molar refractivity (Wildman–Crippen MR) is 90.0 cm³/mol. The van der Waals surface area contributed by atoms with Crippen LogP contribution >= 0.6 is 0 Å². The predicted octanol–water partition coefficient (Wildman–Crippen LogP) is 1.25. The SMILES string of the molecule is CCc1noc([C@@H](C)N2CCN(CC(=O)Nc3cc(C)on3)CC2)n1. The zero-order chi connectivity index (χ0) is 17.8. The fourth-order valence-electron chi connectivity index (χ4n) is 2.86. The number of hydrogen-bond donors (Lipinski definition) is 1. The first-order valence-electron chi connectivity index (χ1n) is 8.57. The van der Waals surface area contributed by atoms with Crippen LogP contribution in [0.15, 0.2) is 15.1 Å². The van der Waals surface area contributed by atoms with Gasteiger partial charge in [0.2, 0.25) is 11.8 Å². The maximum absolute atomic E-state index is 12.1. The van der Waals surface area contributed by atoms with Gasteiger partial charge in [0.1, 0.15) is 5.76 Å². The van der Waals surface area contributed by atoms with Crippen molar-refractivity contribution >= 4 is 11.7 Å². The molecule has 0 radical (unpaired) electrons. The first-order chi connectivity index (χ1) is 12.0. The molecule has 0 aliphatic carbocycles. The molecule has 25 heavy (non-hydrogen) atoms. The van der Waals surface area contributed by atoms with E-state index in [4.69, 9.17) is 9.05 Å². The maximum Gasteiger partial charge on any atom is 0.243 e. The van der Waals surface area contributed by atoms with Crippen LogP contribution in [0.25, 0.3) is 0 Å². The lowest BCUT2D eigenvalue weighted by Crippen LogP contribution is -2.49. The van der Waals surface area contributed by atoms with Gasteiger partial charge < -0.3 is 14.4 Å². The summed E-state index contributed by atoms with van der Waals surface area (Å²) in [6.45, 7) is 9.52. The molecule has 1 fully saturated rings. The second-order valence-electron chi connectivity index (χ2n) is 6.26. The molecule has 3 rings (SSSR count). The summed E-state index contributed by atoms with van der Waals surface area (Å²) in [5.74, 6) is 2.44. The number of hydrogen-bond acceptors (Lipinski definition) is 8. The van der Waals surface area contributed by atoms with E-state index in [0.29, 0.717) is 24.0 Å². The Morgan fingerprint density at radius 1 is 1.28 bits per heavy atom. The van der Waals surface area contributed by atoms with Crippen LogP contribution in [0.1, 0.15) is 37.4 Å². The van der Waals surface area contributed by atoms with E-state index in [1.54, 1.807) is 13.0 Å². The zero-order valence-corrected chi connectivity index (χ0v) is 14.9. The number of carbonyl (C=O) groups is 1. The minimum absolute atomic E-state index is 0.0840. The number of aryl methyl sites for hydroxylation is 2. The van der Waals surface area contributed by atoms with E-state index in [2.05, 4.69) is 37.3 Å². The van der Waals surface area contributed by atoms with Crippen LogP contribution in [0.5, 0.6) is 0 Å². The molecule has 0 saturated carbocycles. The summed E-state index contributed by atoms with van der Waals surface area (Å²) in [4.78, 5) is 20.9. The number of rotatable bonds is 6. The smallest absolute Gasteiger partial charge is 0.243 e. The maximum atomic E-state index is 12.1. The minimum atomic E-state index is -0.0840. The second kappa shape index (κ2) is 7.75. The number of amides is 1. The van der Waals surface area contributed by atoms with Crippen molar-refractivity contribution in [3.8, 4) is 0 Å². The van der Waals surface area contributed by atoms with Crippen molar-refractivity contribution in [1.29, 1.82) is 0 Å². The third-order valence-electron chi connectivity index (χ3n) is 4.37. The summed E-state index contributed by atoms with van der Waals surface area (Å²) in [6.07, 6.45) is 0.768. The second-order valence-corrected chi connectivity index (χ2v) is 6.26. The molecule has 1 saturated heterocycles. The van der Waals surface area contributed by atoms with Gasteiger partial charge in [-0.2, -0.15) is 4.98 Å². The van der Waals surface area contributed by atoms with Crippen molar-refractivity contribution in [1.82, 2.24) is 25.1 Å². The van der Waals surface area contributed by atoms with Gasteiger partial charge in [-0.05, 0) is 13.8 Å². The van der Waals surface area contributed by atoms with Gasteiger partial charge in [0, 0.05) is 38.7 Å². The van der Waals surface area contributed by atoms with E-state index in [1.165, 1.54) is 0 Å². The van der Waals surface area contributed by atoms with Crippen molar-refractivity contribution in [3.63, 3.8) is 0 Å². The summed E-state index contributed by atoms with van der Waals surface area (Å²) in [7, 11) is 0. The van der Waals surface area contributed by atoms with Crippen molar-refractivity contribution in [2.75, 3.05) is 38.0 Å². The van der Waals surface area contributed by atoms with Crippen LogP contribution in [-0.2, 0) is 11.2 Å². The molecule has 9 heteroatoms. The molecule has 2 aromatic rings. The average molecular weight is 348 g/mol. The highest BCUT2D eigenvalue weighted by molar-refractivity contribution is 5.91. The molecule has 2 aromatic heterocycles. The number of anilines is 1. The lowest BCUT2D eigenvalue weighted by molar-refractivity contribution is -0.117. The standard InChI is InChI=1S/C16H24N6O3/c1-4-13-18-16(25-19-13)12(3)22-7-5-21(6-8-22)10-15(23)17-14-9-11(2)24-20-14/h9,12H,4-8,10H2,1-3H3,(H,17,20,23)/t12-/m1/s1. The Labute approximate surface area is 146 Å². The zero-order valence-electron chi connectivity index (χ0n) is 14.9. The monoisotopic (exact) mass is 348 g/mol. The van der Waals surface area contributed by atoms with Gasteiger partial charge in [-0.15, -0.1) is 0 Å². The van der Waals surface area contributed by atoms with Gasteiger partial charge in [0.05, 0.1) is 12.6 Å². The van der Waals surface area contributed by atoms with Crippen molar-refractivity contribution in [2.45, 2.75) is 33.2 Å². The van der Waals surface area contributed by atoms with Crippen molar-refractivity contribution in [3.05, 3.63) is 23.5 Å². The Bertz CT molecular complexity index is 704. The van der Waals surface area contributed by atoms with Gasteiger partial charge in [-0.3, -0.25) is 14.6 Å². The lowest BCUT2D eigenvalue weighted by Gasteiger charge is -2.36. The molecule has 0 unspecified atom stereocenters. The third kappa shape index (κ3) is 4.43. The van der Waals surface area contributed by atoms with Gasteiger partial charge >= 0.3 is 0 Å². The largest absolute Gasteiger partial charge is 0.360 e. The van der Waals surface area contributed by atoms with E-state index in [0.717, 1.165) is 38.4 Å². The topological polar surface area (TPSA) is 101 Å². The summed E-state index contributed by atoms with van der Waals surface area (Å²) < 4.78 is 10.3. The van der Waals surface area contributed by atoms with E-state index in [1.807, 2.05) is 6.92 Å². The highest BCUT2D eigenvalue weighted by atomic mass is 16.5. The fraction of sp³-hybridized carbons (Fsp3) is 0.625. The molecule has 0 aromatic carbocycles. The Morgan fingerprint density at radius 3 is 2.64 bits per heavy atom. The first-order valence-corrected chi connectivity index (χ1v) is 8.57. The molecule has 1 N–H and O–H groups in total. The molecule has 136 valence electrons. The summed E-state index contributed by atoms with van der Waals surface area (Å²) in [5, 5.41) is 10.5. The Hall–Kier alpha value is -2.26. The van der Waals surface area contributed by atoms with E-state index in [-0.39, 0.29) is 11.9 Å². The van der Waals surface area contributed by atoms with E-state index < -0.39 is 0 Å². The number of nitrogens with one attached hydrogen (secondary N) is 1. The molecule has 1 aliphatic heterocycles. The number of piperazine rings is 1. The Kier molecular flexibility index (Phi) is 5.44. The number of nitrogens with zero attached hydrogens (tertiary/aromatic N) is 5. The summed E-state index contributed by atoms with van der Waals surface area (Å²) >= 11 is 0. The van der Waals surface area contributed by atoms with Crippen LogP contribution in [0, 0.1) is 6.92 Å². The molecule has 1 atom stereocenters. The fourth-order valence-corrected chi connectivity index (χ4v) is 2.86. The van der Waals surface area contributed by atoms with Crippen molar-refractivity contribution < 1.29 is 13.8 Å². The summed E-state index contributed by atoms with van der Waals surface area (Å²) in [5.41, 5.74) is 0. The highest BCUT2D eigenvalue weighted by Gasteiger charge is 2.26. The molecule has 0 bridgehead atoms. The molecule has 9 nitrogen and oxygen atoms in total. The van der Waals surface area contributed by atoms with Crippen LogP contribution in [0.3, 0.4) is 0 Å². The number of aromatic nitrogens is 3. The normalized spacial score (nSPS) is 17.6. The molecule has 3 heterocycles. The minimum Gasteiger partial charge on any atom is -0.360 e. The molecular formula is C16H24N6O3.